The van der Waals surface area contributed by atoms with Crippen molar-refractivity contribution in [3.63, 3.8) is 0 Å². The minimum atomic E-state index is 0.0633. The summed E-state index contributed by atoms with van der Waals surface area (Å²) in [5, 5.41) is 0. The molecule has 0 aliphatic carbocycles. The minimum absolute atomic E-state index is 0.0633. The molecule has 7 nitrogen and oxygen atoms in total. The van der Waals surface area contributed by atoms with Crippen LogP contribution < -0.4 is 15.4 Å². The molecule has 0 aromatic carbocycles. The first-order chi connectivity index (χ1) is 12.5. The molecule has 1 aromatic heterocycles. The van der Waals surface area contributed by atoms with E-state index in [-0.39, 0.29) is 18.3 Å². The summed E-state index contributed by atoms with van der Waals surface area (Å²) >= 11 is 0. The van der Waals surface area contributed by atoms with Gasteiger partial charge in [-0.25, -0.2) is 0 Å². The van der Waals surface area contributed by atoms with Gasteiger partial charge in [-0.1, -0.05) is 13.3 Å². The first-order valence-electron chi connectivity index (χ1n) is 9.83. The van der Waals surface area contributed by atoms with Gasteiger partial charge in [-0.05, 0) is 45.6 Å². The molecular formula is C19H31N5O2. The molecule has 1 aromatic rings. The van der Waals surface area contributed by atoms with Gasteiger partial charge in [0.05, 0.1) is 13.0 Å². The maximum absolute atomic E-state index is 12.6. The van der Waals surface area contributed by atoms with Crippen molar-refractivity contribution >= 4 is 17.5 Å². The number of likely N-dealkylation sites (tertiary alicyclic amines) is 1. The summed E-state index contributed by atoms with van der Waals surface area (Å²) in [5.41, 5.74) is 6.82. The Morgan fingerprint density at radius 3 is 2.88 bits per heavy atom. The van der Waals surface area contributed by atoms with Crippen molar-refractivity contribution in [2.45, 2.75) is 58.9 Å². The summed E-state index contributed by atoms with van der Waals surface area (Å²) in [6.45, 7) is 9.99. The highest BCUT2D eigenvalue weighted by molar-refractivity contribution is 6.01. The van der Waals surface area contributed by atoms with E-state index in [4.69, 9.17) is 10.5 Å². The fourth-order valence-electron chi connectivity index (χ4n) is 3.76. The highest BCUT2D eigenvalue weighted by atomic mass is 16.5. The molecule has 2 aliphatic rings. The highest BCUT2D eigenvalue weighted by Crippen LogP contribution is 2.33. The van der Waals surface area contributed by atoms with E-state index in [0.717, 1.165) is 37.9 Å². The molecule has 1 atom stereocenters. The van der Waals surface area contributed by atoms with Crippen molar-refractivity contribution in [3.8, 4) is 6.01 Å². The minimum Gasteiger partial charge on any atom is -0.463 e. The summed E-state index contributed by atoms with van der Waals surface area (Å²) in [6, 6.07) is 0.817. The van der Waals surface area contributed by atoms with E-state index in [0.29, 0.717) is 36.7 Å². The van der Waals surface area contributed by atoms with Crippen LogP contribution in [0.15, 0.2) is 0 Å². The Kier molecular flexibility index (Phi) is 5.96. The predicted octanol–water partition coefficient (Wildman–Crippen LogP) is 2.25. The number of unbranched alkanes of at least 4 members (excludes halogenated alkanes) is 1. The molecule has 2 N–H and O–H groups in total. The maximum Gasteiger partial charge on any atom is 0.320 e. The first kappa shape index (κ1) is 18.9. The average Bonchev–Trinajstić information content (AvgIpc) is 2.92. The van der Waals surface area contributed by atoms with Gasteiger partial charge in [0.1, 0.15) is 11.6 Å². The maximum atomic E-state index is 12.6. The third-order valence-corrected chi connectivity index (χ3v) is 5.33. The Morgan fingerprint density at radius 1 is 1.35 bits per heavy atom. The molecule has 1 amide bonds. The van der Waals surface area contributed by atoms with Crippen molar-refractivity contribution in [1.82, 2.24) is 14.9 Å². The van der Waals surface area contributed by atoms with Crippen LogP contribution in [0.4, 0.5) is 11.6 Å². The second kappa shape index (κ2) is 8.20. The molecule has 3 heterocycles. The van der Waals surface area contributed by atoms with E-state index < -0.39 is 0 Å². The number of aromatic nitrogens is 2. The van der Waals surface area contributed by atoms with E-state index >= 15 is 0 Å². The second-order valence-electron chi connectivity index (χ2n) is 7.67. The number of piperidine rings is 1. The van der Waals surface area contributed by atoms with Gasteiger partial charge in [0.25, 0.3) is 0 Å². The Labute approximate surface area is 155 Å². The van der Waals surface area contributed by atoms with Crippen LogP contribution in [0.1, 0.15) is 52.0 Å². The molecule has 1 saturated heterocycles. The summed E-state index contributed by atoms with van der Waals surface area (Å²) < 4.78 is 5.63. The van der Waals surface area contributed by atoms with Crippen molar-refractivity contribution in [2.24, 2.45) is 5.92 Å². The SMILES string of the molecule is CCCCOc1nc(N)c2c(n1)N(CC1CCCN(C(C)C)C1)C(=O)C2. The van der Waals surface area contributed by atoms with Crippen molar-refractivity contribution in [1.29, 1.82) is 0 Å². The summed E-state index contributed by atoms with van der Waals surface area (Å²) in [7, 11) is 0. The Balaban J connectivity index is 1.74. The third-order valence-electron chi connectivity index (χ3n) is 5.33. The largest absolute Gasteiger partial charge is 0.463 e. The molecule has 1 unspecified atom stereocenters. The van der Waals surface area contributed by atoms with E-state index in [1.54, 1.807) is 4.90 Å². The standard InChI is InChI=1S/C19H31N5O2/c1-4-5-9-26-19-21-17(20)15-10-16(25)24(18(15)22-19)12-14-7-6-8-23(11-14)13(2)3/h13-14H,4-12H2,1-3H3,(H2,20,21,22). The Hall–Kier alpha value is -1.89. The number of amides is 1. The number of carbonyl (C=O) groups excluding carboxylic acids is 1. The van der Waals surface area contributed by atoms with Crippen LogP contribution in [0, 0.1) is 5.92 Å². The zero-order chi connectivity index (χ0) is 18.7. The smallest absolute Gasteiger partial charge is 0.320 e. The van der Waals surface area contributed by atoms with Crippen LogP contribution in [0.3, 0.4) is 0 Å². The fraction of sp³-hybridized carbons (Fsp3) is 0.737. The lowest BCUT2D eigenvalue weighted by atomic mass is 9.96. The summed E-state index contributed by atoms with van der Waals surface area (Å²) in [5.74, 6) is 1.54. The van der Waals surface area contributed by atoms with Crippen molar-refractivity contribution in [2.75, 3.05) is 36.9 Å². The van der Waals surface area contributed by atoms with Gasteiger partial charge in [-0.3, -0.25) is 9.69 Å². The number of fused-ring (bicyclic) bond motifs is 1. The lowest BCUT2D eigenvalue weighted by molar-refractivity contribution is -0.117. The van der Waals surface area contributed by atoms with Crippen LogP contribution in [-0.4, -0.2) is 53.1 Å². The van der Waals surface area contributed by atoms with Gasteiger partial charge in [0, 0.05) is 24.7 Å². The van der Waals surface area contributed by atoms with Gasteiger partial charge in [-0.2, -0.15) is 9.97 Å². The number of nitrogens with zero attached hydrogens (tertiary/aromatic N) is 4. The number of hydrogen-bond acceptors (Lipinski definition) is 6. The van der Waals surface area contributed by atoms with E-state index in [9.17, 15) is 4.79 Å². The predicted molar refractivity (Wildman–Crippen MR) is 102 cm³/mol. The molecule has 0 saturated carbocycles. The van der Waals surface area contributed by atoms with Crippen LogP contribution in [-0.2, 0) is 11.2 Å². The Bertz CT molecular complexity index is 649. The quantitative estimate of drug-likeness (QED) is 0.750. The lowest BCUT2D eigenvalue weighted by Gasteiger charge is -2.36. The molecule has 7 heteroatoms. The molecular weight excluding hydrogens is 330 g/mol. The molecule has 3 rings (SSSR count). The number of nitrogen functional groups attached to an aromatic ring is 1. The number of nitrogens with two attached hydrogens (primary N) is 1. The molecule has 0 spiro atoms. The van der Waals surface area contributed by atoms with E-state index in [1.807, 2.05) is 0 Å². The molecule has 2 aliphatic heterocycles. The van der Waals surface area contributed by atoms with Crippen LogP contribution in [0.25, 0.3) is 0 Å². The number of carbonyl (C=O) groups is 1. The van der Waals surface area contributed by atoms with Gasteiger partial charge in [0.15, 0.2) is 0 Å². The van der Waals surface area contributed by atoms with Gasteiger partial charge >= 0.3 is 6.01 Å². The first-order valence-corrected chi connectivity index (χ1v) is 9.83. The number of ether oxygens (including phenoxy) is 1. The summed E-state index contributed by atoms with van der Waals surface area (Å²) in [4.78, 5) is 25.6. The molecule has 0 bridgehead atoms. The average molecular weight is 361 g/mol. The third kappa shape index (κ3) is 4.09. The van der Waals surface area contributed by atoms with Gasteiger partial charge < -0.3 is 15.4 Å². The van der Waals surface area contributed by atoms with E-state index in [1.165, 1.54) is 6.42 Å². The van der Waals surface area contributed by atoms with Crippen LogP contribution in [0.2, 0.25) is 0 Å². The van der Waals surface area contributed by atoms with Gasteiger partial charge in [-0.15, -0.1) is 0 Å². The molecule has 0 radical (unpaired) electrons. The molecule has 144 valence electrons. The van der Waals surface area contributed by atoms with Crippen LogP contribution in [0.5, 0.6) is 6.01 Å². The number of anilines is 2. The number of rotatable bonds is 7. The van der Waals surface area contributed by atoms with Crippen molar-refractivity contribution < 1.29 is 9.53 Å². The van der Waals surface area contributed by atoms with E-state index in [2.05, 4.69) is 35.6 Å². The molecule has 26 heavy (non-hydrogen) atoms. The van der Waals surface area contributed by atoms with Crippen LogP contribution >= 0.6 is 0 Å². The Morgan fingerprint density at radius 2 is 2.15 bits per heavy atom. The topological polar surface area (TPSA) is 84.6 Å². The van der Waals surface area contributed by atoms with Crippen molar-refractivity contribution in [3.05, 3.63) is 5.56 Å². The van der Waals surface area contributed by atoms with Gasteiger partial charge in [0.2, 0.25) is 5.91 Å². The lowest BCUT2D eigenvalue weighted by Crippen LogP contribution is -2.44. The summed E-state index contributed by atoms with van der Waals surface area (Å²) in [6.07, 6.45) is 4.59. The monoisotopic (exact) mass is 361 g/mol. The zero-order valence-electron chi connectivity index (χ0n) is 16.2. The highest BCUT2D eigenvalue weighted by Gasteiger charge is 2.34. The second-order valence-corrected chi connectivity index (χ2v) is 7.67. The normalized spacial score (nSPS) is 20.7. The fourth-order valence-corrected chi connectivity index (χ4v) is 3.76. The molecule has 1 fully saturated rings. The zero-order valence-corrected chi connectivity index (χ0v) is 16.2. The number of hydrogen-bond donors (Lipinski definition) is 1.